The van der Waals surface area contributed by atoms with Crippen LogP contribution in [-0.4, -0.2) is 0 Å². The Balaban J connectivity index is 2.15. The summed E-state index contributed by atoms with van der Waals surface area (Å²) in [5.41, 5.74) is 0.483. The number of hydrogen-bond donors (Lipinski definition) is 1. The molecule has 0 spiro atoms. The van der Waals surface area contributed by atoms with Crippen LogP contribution in [0.1, 0.15) is 29.7 Å². The van der Waals surface area contributed by atoms with Crippen LogP contribution >= 0.6 is 11.6 Å². The van der Waals surface area contributed by atoms with Gasteiger partial charge in [0.15, 0.2) is 0 Å². The highest BCUT2D eigenvalue weighted by atomic mass is 35.5. The highest BCUT2D eigenvalue weighted by Gasteiger charge is 2.33. The van der Waals surface area contributed by atoms with Crippen LogP contribution in [0.15, 0.2) is 48.5 Å². The fourth-order valence-corrected chi connectivity index (χ4v) is 2.35. The third kappa shape index (κ3) is 3.99. The number of rotatable bonds is 4. The van der Waals surface area contributed by atoms with Crippen molar-refractivity contribution in [3.8, 4) is 0 Å². The quantitative estimate of drug-likeness (QED) is 0.817. The molecule has 0 amide bonds. The Morgan fingerprint density at radius 3 is 2.33 bits per heavy atom. The van der Waals surface area contributed by atoms with E-state index in [1.165, 1.54) is 12.1 Å². The zero-order valence-electron chi connectivity index (χ0n) is 11.4. The Kier molecular flexibility index (Phi) is 4.91. The summed E-state index contributed by atoms with van der Waals surface area (Å²) in [6.07, 6.45) is -4.35. The van der Waals surface area contributed by atoms with E-state index in [2.05, 4.69) is 5.32 Å². The van der Waals surface area contributed by atoms with E-state index in [-0.39, 0.29) is 5.56 Å². The maximum Gasteiger partial charge on any atom is 0.416 e. The summed E-state index contributed by atoms with van der Waals surface area (Å²) < 4.78 is 39.0. The first-order chi connectivity index (χ1) is 9.89. The molecule has 0 radical (unpaired) electrons. The summed E-state index contributed by atoms with van der Waals surface area (Å²) >= 11 is 6.04. The molecule has 5 heteroatoms. The highest BCUT2D eigenvalue weighted by Crippen LogP contribution is 2.34. The van der Waals surface area contributed by atoms with E-state index in [9.17, 15) is 13.2 Å². The van der Waals surface area contributed by atoms with E-state index in [4.69, 9.17) is 11.6 Å². The van der Waals surface area contributed by atoms with Gasteiger partial charge in [-0.25, -0.2) is 0 Å². The molecule has 21 heavy (non-hydrogen) atoms. The Hall–Kier alpha value is -1.52. The van der Waals surface area contributed by atoms with Crippen molar-refractivity contribution in [3.63, 3.8) is 0 Å². The standard InChI is InChI=1S/C16H15ClF3N/c1-11(21-10-12-6-2-5-9-15(12)17)13-7-3-4-8-14(13)16(18,19)20/h2-9,11,21H,10H2,1H3. The zero-order valence-corrected chi connectivity index (χ0v) is 12.2. The maximum atomic E-state index is 13.0. The van der Waals surface area contributed by atoms with Crippen molar-refractivity contribution in [2.75, 3.05) is 0 Å². The first-order valence-corrected chi connectivity index (χ1v) is 6.90. The smallest absolute Gasteiger partial charge is 0.306 e. The molecule has 0 aromatic heterocycles. The monoisotopic (exact) mass is 313 g/mol. The normalized spacial score (nSPS) is 13.2. The van der Waals surface area contributed by atoms with Gasteiger partial charge in [-0.15, -0.1) is 0 Å². The van der Waals surface area contributed by atoms with Crippen molar-refractivity contribution in [2.24, 2.45) is 0 Å². The van der Waals surface area contributed by atoms with Gasteiger partial charge in [0.25, 0.3) is 0 Å². The molecule has 0 heterocycles. The van der Waals surface area contributed by atoms with Gasteiger partial charge in [0.2, 0.25) is 0 Å². The van der Waals surface area contributed by atoms with E-state index in [0.29, 0.717) is 11.6 Å². The lowest BCUT2D eigenvalue weighted by molar-refractivity contribution is -0.138. The second-order valence-corrected chi connectivity index (χ2v) is 5.19. The third-order valence-corrected chi connectivity index (χ3v) is 3.66. The molecule has 2 rings (SSSR count). The summed E-state index contributed by atoms with van der Waals surface area (Å²) in [6.45, 7) is 2.12. The molecule has 2 aromatic rings. The lowest BCUT2D eigenvalue weighted by atomic mass is 10.0. The highest BCUT2D eigenvalue weighted by molar-refractivity contribution is 6.31. The summed E-state index contributed by atoms with van der Waals surface area (Å²) in [5.74, 6) is 0. The van der Waals surface area contributed by atoms with Gasteiger partial charge in [-0.2, -0.15) is 13.2 Å². The van der Waals surface area contributed by atoms with E-state index in [0.717, 1.165) is 11.6 Å². The minimum atomic E-state index is -4.35. The number of benzene rings is 2. The first-order valence-electron chi connectivity index (χ1n) is 6.52. The van der Waals surface area contributed by atoms with Gasteiger partial charge in [0, 0.05) is 17.6 Å². The summed E-state index contributed by atoms with van der Waals surface area (Å²) in [6, 6.07) is 12.4. The predicted molar refractivity (Wildman–Crippen MR) is 78.2 cm³/mol. The van der Waals surface area contributed by atoms with Gasteiger partial charge in [0.1, 0.15) is 0 Å². The van der Waals surface area contributed by atoms with E-state index in [1.54, 1.807) is 19.1 Å². The first kappa shape index (κ1) is 15.9. The van der Waals surface area contributed by atoms with E-state index in [1.807, 2.05) is 18.2 Å². The van der Waals surface area contributed by atoms with Crippen molar-refractivity contribution >= 4 is 11.6 Å². The van der Waals surface area contributed by atoms with Crippen LogP contribution < -0.4 is 5.32 Å². The largest absolute Gasteiger partial charge is 0.416 e. The average molecular weight is 314 g/mol. The van der Waals surface area contributed by atoms with Gasteiger partial charge < -0.3 is 5.32 Å². The lowest BCUT2D eigenvalue weighted by Crippen LogP contribution is -2.21. The van der Waals surface area contributed by atoms with Crippen LogP contribution in [0, 0.1) is 0 Å². The molecule has 0 saturated carbocycles. The van der Waals surface area contributed by atoms with E-state index < -0.39 is 17.8 Å². The molecule has 1 N–H and O–H groups in total. The molecule has 0 bridgehead atoms. The molecule has 0 aliphatic carbocycles. The molecule has 0 aliphatic rings. The van der Waals surface area contributed by atoms with Crippen LogP contribution in [0.3, 0.4) is 0 Å². The Morgan fingerprint density at radius 1 is 1.05 bits per heavy atom. The second kappa shape index (κ2) is 6.50. The molecule has 1 nitrogen and oxygen atoms in total. The SMILES string of the molecule is CC(NCc1ccccc1Cl)c1ccccc1C(F)(F)F. The second-order valence-electron chi connectivity index (χ2n) is 4.78. The van der Waals surface area contributed by atoms with Crippen molar-refractivity contribution in [3.05, 3.63) is 70.2 Å². The molecule has 0 aliphatic heterocycles. The predicted octanol–water partition coefficient (Wildman–Crippen LogP) is 5.21. The summed E-state index contributed by atoms with van der Waals surface area (Å²) in [4.78, 5) is 0. The molecular weight excluding hydrogens is 299 g/mol. The van der Waals surface area contributed by atoms with Crippen LogP contribution in [0.2, 0.25) is 5.02 Å². The maximum absolute atomic E-state index is 13.0. The molecule has 1 unspecified atom stereocenters. The fraction of sp³-hybridized carbons (Fsp3) is 0.250. The fourth-order valence-electron chi connectivity index (χ4n) is 2.15. The molecule has 0 saturated heterocycles. The van der Waals surface area contributed by atoms with Crippen molar-refractivity contribution < 1.29 is 13.2 Å². The lowest BCUT2D eigenvalue weighted by Gasteiger charge is -2.19. The topological polar surface area (TPSA) is 12.0 Å². The van der Waals surface area contributed by atoms with Gasteiger partial charge in [-0.05, 0) is 30.2 Å². The number of halogens is 4. The minimum Gasteiger partial charge on any atom is -0.306 e. The minimum absolute atomic E-state index is 0.233. The Morgan fingerprint density at radius 2 is 1.67 bits per heavy atom. The number of hydrogen-bond acceptors (Lipinski definition) is 1. The van der Waals surface area contributed by atoms with Crippen LogP contribution in [0.25, 0.3) is 0 Å². The zero-order chi connectivity index (χ0) is 15.5. The molecule has 112 valence electrons. The van der Waals surface area contributed by atoms with Crippen LogP contribution in [0.4, 0.5) is 13.2 Å². The molecule has 2 aromatic carbocycles. The van der Waals surface area contributed by atoms with Crippen molar-refractivity contribution in [1.29, 1.82) is 0 Å². The Labute approximate surface area is 126 Å². The molecule has 0 fully saturated rings. The molecule has 1 atom stereocenters. The molecular formula is C16H15ClF3N. The number of alkyl halides is 3. The van der Waals surface area contributed by atoms with Crippen molar-refractivity contribution in [1.82, 2.24) is 5.32 Å². The van der Waals surface area contributed by atoms with Gasteiger partial charge in [-0.1, -0.05) is 48.0 Å². The third-order valence-electron chi connectivity index (χ3n) is 3.29. The Bertz CT molecular complexity index is 610. The van der Waals surface area contributed by atoms with Crippen LogP contribution in [0.5, 0.6) is 0 Å². The van der Waals surface area contributed by atoms with Crippen LogP contribution in [-0.2, 0) is 12.7 Å². The average Bonchev–Trinajstić information content (AvgIpc) is 2.45. The van der Waals surface area contributed by atoms with Gasteiger partial charge >= 0.3 is 6.18 Å². The van der Waals surface area contributed by atoms with Gasteiger partial charge in [-0.3, -0.25) is 0 Å². The van der Waals surface area contributed by atoms with Crippen molar-refractivity contribution in [2.45, 2.75) is 25.7 Å². The number of nitrogens with one attached hydrogen (secondary N) is 1. The summed E-state index contributed by atoms with van der Waals surface area (Å²) in [7, 11) is 0. The van der Waals surface area contributed by atoms with E-state index >= 15 is 0 Å². The van der Waals surface area contributed by atoms with Gasteiger partial charge in [0.05, 0.1) is 5.56 Å². The summed E-state index contributed by atoms with van der Waals surface area (Å²) in [5, 5.41) is 3.68.